The molecular formula is C31H44O6. The molecule has 1 N–H and O–H groups in total. The molecule has 0 spiro atoms. The quantitative estimate of drug-likeness (QED) is 0.200. The molecule has 0 bridgehead atoms. The molecule has 0 radical (unpaired) electrons. The monoisotopic (exact) mass is 512 g/mol. The summed E-state index contributed by atoms with van der Waals surface area (Å²) in [6.45, 7) is 7.46. The fourth-order valence-electron chi connectivity index (χ4n) is 4.52. The van der Waals surface area contributed by atoms with Crippen LogP contribution in [0.3, 0.4) is 0 Å². The van der Waals surface area contributed by atoms with Crippen LogP contribution in [0, 0.1) is 0 Å². The van der Waals surface area contributed by atoms with Crippen LogP contribution in [0.15, 0.2) is 73.3 Å². The fraction of sp³-hybridized carbons (Fsp3) is 0.548. The molecule has 0 unspecified atom stereocenters. The van der Waals surface area contributed by atoms with E-state index < -0.39 is 30.7 Å². The third-order valence-corrected chi connectivity index (χ3v) is 6.53. The zero-order valence-corrected chi connectivity index (χ0v) is 22.2. The lowest BCUT2D eigenvalue weighted by molar-refractivity contribution is -0.324. The molecule has 3 rings (SSSR count). The maximum Gasteiger partial charge on any atom is 0.186 e. The Labute approximate surface area is 222 Å². The van der Waals surface area contributed by atoms with Crippen LogP contribution in [0.1, 0.15) is 56.6 Å². The molecule has 204 valence electrons. The van der Waals surface area contributed by atoms with Gasteiger partial charge in [-0.15, -0.1) is 6.58 Å². The van der Waals surface area contributed by atoms with Gasteiger partial charge in [0.05, 0.1) is 26.4 Å². The van der Waals surface area contributed by atoms with Gasteiger partial charge in [0.1, 0.15) is 24.4 Å². The van der Waals surface area contributed by atoms with Gasteiger partial charge in [-0.3, -0.25) is 0 Å². The molecule has 0 saturated carbocycles. The molecule has 5 atom stereocenters. The summed E-state index contributed by atoms with van der Waals surface area (Å²) in [5.74, 6) is 0. The Morgan fingerprint density at radius 1 is 0.757 bits per heavy atom. The molecule has 1 fully saturated rings. The van der Waals surface area contributed by atoms with Gasteiger partial charge >= 0.3 is 0 Å². The van der Waals surface area contributed by atoms with Gasteiger partial charge in [0.25, 0.3) is 0 Å². The summed E-state index contributed by atoms with van der Waals surface area (Å²) in [7, 11) is 0. The lowest BCUT2D eigenvalue weighted by Crippen LogP contribution is -2.61. The Hall–Kier alpha value is -2.06. The van der Waals surface area contributed by atoms with Crippen molar-refractivity contribution >= 4 is 0 Å². The third kappa shape index (κ3) is 9.97. The zero-order chi connectivity index (χ0) is 26.1. The highest BCUT2D eigenvalue weighted by atomic mass is 16.7. The average Bonchev–Trinajstić information content (AvgIpc) is 2.94. The highest BCUT2D eigenvalue weighted by molar-refractivity contribution is 5.14. The number of aliphatic hydroxyl groups excluding tert-OH is 1. The van der Waals surface area contributed by atoms with Crippen molar-refractivity contribution in [2.75, 3.05) is 19.8 Å². The predicted octanol–water partition coefficient (Wildman–Crippen LogP) is 5.82. The maximum absolute atomic E-state index is 10.2. The van der Waals surface area contributed by atoms with E-state index in [0.29, 0.717) is 26.4 Å². The van der Waals surface area contributed by atoms with E-state index in [0.717, 1.165) is 24.0 Å². The van der Waals surface area contributed by atoms with Crippen LogP contribution in [0.25, 0.3) is 0 Å². The second-order valence-electron chi connectivity index (χ2n) is 9.47. The first-order valence-corrected chi connectivity index (χ1v) is 13.7. The van der Waals surface area contributed by atoms with Gasteiger partial charge in [-0.25, -0.2) is 0 Å². The second-order valence-corrected chi connectivity index (χ2v) is 9.47. The summed E-state index contributed by atoms with van der Waals surface area (Å²) in [4.78, 5) is 0. The van der Waals surface area contributed by atoms with E-state index >= 15 is 0 Å². The van der Waals surface area contributed by atoms with E-state index in [4.69, 9.17) is 23.7 Å². The summed E-state index contributed by atoms with van der Waals surface area (Å²) in [5.41, 5.74) is 2.08. The Balaban J connectivity index is 1.72. The van der Waals surface area contributed by atoms with Crippen molar-refractivity contribution in [2.45, 2.75) is 89.4 Å². The Morgan fingerprint density at radius 3 is 1.95 bits per heavy atom. The van der Waals surface area contributed by atoms with Gasteiger partial charge in [0.15, 0.2) is 6.29 Å². The molecule has 0 amide bonds. The Bertz CT molecular complexity index is 845. The molecule has 0 aromatic heterocycles. The fourth-order valence-corrected chi connectivity index (χ4v) is 4.52. The van der Waals surface area contributed by atoms with Gasteiger partial charge < -0.3 is 28.8 Å². The maximum atomic E-state index is 10.2. The molecule has 1 aliphatic heterocycles. The molecule has 37 heavy (non-hydrogen) atoms. The van der Waals surface area contributed by atoms with Gasteiger partial charge in [-0.2, -0.15) is 0 Å². The van der Waals surface area contributed by atoms with E-state index in [1.165, 1.54) is 25.7 Å². The number of ether oxygens (including phenoxy) is 5. The minimum Gasteiger partial charge on any atom is -0.394 e. The lowest BCUT2D eigenvalue weighted by Gasteiger charge is -2.45. The van der Waals surface area contributed by atoms with Crippen molar-refractivity contribution in [3.63, 3.8) is 0 Å². The van der Waals surface area contributed by atoms with E-state index in [1.807, 2.05) is 60.7 Å². The number of aliphatic hydroxyl groups is 1. The van der Waals surface area contributed by atoms with Gasteiger partial charge in [-0.1, -0.05) is 106 Å². The minimum atomic E-state index is -0.678. The zero-order valence-electron chi connectivity index (χ0n) is 22.2. The smallest absolute Gasteiger partial charge is 0.186 e. The highest BCUT2D eigenvalue weighted by Crippen LogP contribution is 2.30. The van der Waals surface area contributed by atoms with Gasteiger partial charge in [0.2, 0.25) is 0 Å². The van der Waals surface area contributed by atoms with Crippen molar-refractivity contribution in [3.8, 4) is 0 Å². The highest BCUT2D eigenvalue weighted by Gasteiger charge is 2.48. The normalized spacial score (nSPS) is 23.7. The second kappa shape index (κ2) is 17.4. The largest absolute Gasteiger partial charge is 0.394 e. The van der Waals surface area contributed by atoms with Crippen molar-refractivity contribution in [2.24, 2.45) is 0 Å². The van der Waals surface area contributed by atoms with Crippen LogP contribution in [-0.4, -0.2) is 55.6 Å². The van der Waals surface area contributed by atoms with E-state index in [9.17, 15) is 5.11 Å². The molecule has 1 saturated heterocycles. The molecule has 2 aromatic carbocycles. The number of hydrogen-bond acceptors (Lipinski definition) is 6. The number of hydrogen-bond donors (Lipinski definition) is 1. The van der Waals surface area contributed by atoms with Crippen LogP contribution >= 0.6 is 0 Å². The standard InChI is InChI=1S/C31H44O6/c1-3-5-6-7-8-15-21-34-31-30(36-24-26-18-13-10-14-19-26)29(33-20-4-2)28(27(22-32)37-31)35-23-25-16-11-9-12-17-25/h4,9-14,16-19,27-32H,2-3,5-8,15,20-24H2,1H3/t27-,28-,29+,30+,31-/m1/s1. The van der Waals surface area contributed by atoms with E-state index in [2.05, 4.69) is 13.5 Å². The summed E-state index contributed by atoms with van der Waals surface area (Å²) in [6.07, 6.45) is 5.86. The summed E-state index contributed by atoms with van der Waals surface area (Å²) in [6, 6.07) is 19.9. The van der Waals surface area contributed by atoms with Crippen molar-refractivity contribution in [1.82, 2.24) is 0 Å². The molecule has 6 nitrogen and oxygen atoms in total. The number of rotatable bonds is 18. The first-order valence-electron chi connectivity index (χ1n) is 13.7. The summed E-state index contributed by atoms with van der Waals surface area (Å²) in [5, 5.41) is 10.2. The topological polar surface area (TPSA) is 66.4 Å². The van der Waals surface area contributed by atoms with Crippen LogP contribution < -0.4 is 0 Å². The van der Waals surface area contributed by atoms with Crippen molar-refractivity contribution < 1.29 is 28.8 Å². The molecule has 2 aromatic rings. The number of benzene rings is 2. The van der Waals surface area contributed by atoms with Crippen LogP contribution in [0.4, 0.5) is 0 Å². The van der Waals surface area contributed by atoms with Crippen LogP contribution in [0.5, 0.6) is 0 Å². The summed E-state index contributed by atoms with van der Waals surface area (Å²) >= 11 is 0. The van der Waals surface area contributed by atoms with Crippen molar-refractivity contribution in [1.29, 1.82) is 0 Å². The Morgan fingerprint density at radius 2 is 1.35 bits per heavy atom. The molecule has 1 aliphatic rings. The molecule has 6 heteroatoms. The Kier molecular flexibility index (Phi) is 13.9. The van der Waals surface area contributed by atoms with E-state index in [-0.39, 0.29) is 6.61 Å². The van der Waals surface area contributed by atoms with Gasteiger partial charge in [0, 0.05) is 6.61 Å². The van der Waals surface area contributed by atoms with Crippen LogP contribution in [0.2, 0.25) is 0 Å². The van der Waals surface area contributed by atoms with Gasteiger partial charge in [-0.05, 0) is 17.5 Å². The third-order valence-electron chi connectivity index (χ3n) is 6.53. The minimum absolute atomic E-state index is 0.213. The molecule has 0 aliphatic carbocycles. The average molecular weight is 513 g/mol. The lowest BCUT2D eigenvalue weighted by atomic mass is 9.98. The van der Waals surface area contributed by atoms with Crippen molar-refractivity contribution in [3.05, 3.63) is 84.4 Å². The summed E-state index contributed by atoms with van der Waals surface area (Å²) < 4.78 is 31.4. The number of unbranched alkanes of at least 4 members (excludes halogenated alkanes) is 5. The SMILES string of the molecule is C=CCO[C@@H]1[C@H](OCc2ccccc2)[C@H](OCCCCCCCC)O[C@H](CO)[C@H]1OCc1ccccc1. The van der Waals surface area contributed by atoms with E-state index in [1.54, 1.807) is 6.08 Å². The molecular weight excluding hydrogens is 468 g/mol. The molecule has 1 heterocycles. The first kappa shape index (κ1) is 29.5. The van der Waals surface area contributed by atoms with Crippen LogP contribution in [-0.2, 0) is 36.9 Å². The predicted molar refractivity (Wildman–Crippen MR) is 145 cm³/mol. The first-order chi connectivity index (χ1) is 18.3.